The molecule has 4 rings (SSSR count). The van der Waals surface area contributed by atoms with Gasteiger partial charge in [-0.2, -0.15) is 0 Å². The van der Waals surface area contributed by atoms with E-state index in [9.17, 15) is 0 Å². The van der Waals surface area contributed by atoms with Gasteiger partial charge in [0, 0.05) is 10.8 Å². The summed E-state index contributed by atoms with van der Waals surface area (Å²) in [6.45, 7) is 10.4. The van der Waals surface area contributed by atoms with Crippen LogP contribution in [0.4, 0.5) is 0 Å². The lowest BCUT2D eigenvalue weighted by Gasteiger charge is -2.44. The van der Waals surface area contributed by atoms with Gasteiger partial charge in [-0.1, -0.05) is 39.8 Å². The normalized spacial score (nSPS) is 24.2. The lowest BCUT2D eigenvalue weighted by molar-refractivity contribution is -0.172. The molecule has 5 nitrogen and oxygen atoms in total. The monoisotopic (exact) mass is 398 g/mol. The van der Waals surface area contributed by atoms with Gasteiger partial charge in [0.05, 0.1) is 39.6 Å². The highest BCUT2D eigenvalue weighted by Crippen LogP contribution is 2.49. The first-order valence-corrected chi connectivity index (χ1v) is 10.0. The fourth-order valence-corrected chi connectivity index (χ4v) is 4.08. The number of hydrogen-bond donors (Lipinski definition) is 0. The fraction of sp³-hybridized carbons (Fsp3) is 0.500. The lowest BCUT2D eigenvalue weighted by atomic mass is 9.79. The zero-order valence-electron chi connectivity index (χ0n) is 18.1. The molecule has 2 aromatic carbocycles. The van der Waals surface area contributed by atoms with Crippen LogP contribution in [-0.4, -0.2) is 27.4 Å². The Morgan fingerprint density at radius 3 is 1.38 bits per heavy atom. The molecular weight excluding hydrogens is 368 g/mol. The third-order valence-corrected chi connectivity index (χ3v) is 5.86. The zero-order chi connectivity index (χ0) is 20.8. The molecule has 2 aliphatic heterocycles. The molecule has 0 aromatic heterocycles. The Labute approximate surface area is 172 Å². The van der Waals surface area contributed by atoms with Crippen molar-refractivity contribution in [1.29, 1.82) is 0 Å². The van der Waals surface area contributed by atoms with Gasteiger partial charge in [0.1, 0.15) is 0 Å². The second kappa shape index (κ2) is 7.22. The van der Waals surface area contributed by atoms with E-state index >= 15 is 0 Å². The summed E-state index contributed by atoms with van der Waals surface area (Å²) in [5.74, 6) is 2.62. The van der Waals surface area contributed by atoms with Crippen molar-refractivity contribution in [1.82, 2.24) is 0 Å². The smallest absolute Gasteiger partial charge is 0.169 e. The summed E-state index contributed by atoms with van der Waals surface area (Å²) >= 11 is 0. The molecule has 2 aliphatic rings. The molecule has 156 valence electrons. The average molecular weight is 398 g/mol. The van der Waals surface area contributed by atoms with Gasteiger partial charge in [-0.05, 0) is 35.4 Å². The van der Waals surface area contributed by atoms with Crippen LogP contribution in [0.2, 0.25) is 0 Å². The van der Waals surface area contributed by atoms with Crippen LogP contribution < -0.4 is 14.2 Å². The Kier molecular flexibility index (Phi) is 4.99. The van der Waals surface area contributed by atoms with Gasteiger partial charge in [-0.15, -0.1) is 0 Å². The second-order valence-corrected chi connectivity index (χ2v) is 9.28. The molecule has 2 heterocycles. The molecule has 0 bridgehead atoms. The van der Waals surface area contributed by atoms with Crippen LogP contribution in [0, 0.1) is 10.8 Å². The molecule has 0 aliphatic carbocycles. The van der Waals surface area contributed by atoms with Crippen LogP contribution in [0.25, 0.3) is 0 Å². The van der Waals surface area contributed by atoms with Crippen molar-refractivity contribution in [2.75, 3.05) is 27.4 Å². The average Bonchev–Trinajstić information content (AvgIpc) is 2.68. The molecule has 0 N–H and O–H groups in total. The summed E-state index contributed by atoms with van der Waals surface area (Å²) in [5, 5.41) is 0. The highest BCUT2D eigenvalue weighted by molar-refractivity contribution is 5.51. The van der Waals surface area contributed by atoms with Gasteiger partial charge in [0.15, 0.2) is 23.0 Å². The number of benzene rings is 2. The molecule has 2 atom stereocenters. The predicted octanol–water partition coefficient (Wildman–Crippen LogP) is 5.69. The van der Waals surface area contributed by atoms with Crippen LogP contribution in [0.15, 0.2) is 36.4 Å². The van der Waals surface area contributed by atoms with Crippen molar-refractivity contribution in [2.45, 2.75) is 39.9 Å². The summed E-state index contributed by atoms with van der Waals surface area (Å²) in [4.78, 5) is 0. The van der Waals surface area contributed by atoms with Crippen molar-refractivity contribution < 1.29 is 23.7 Å². The Hall–Kier alpha value is -2.24. The van der Waals surface area contributed by atoms with Gasteiger partial charge in [0.25, 0.3) is 0 Å². The molecule has 0 amide bonds. The van der Waals surface area contributed by atoms with Crippen molar-refractivity contribution >= 4 is 0 Å². The first kappa shape index (κ1) is 20.0. The van der Waals surface area contributed by atoms with E-state index in [1.54, 1.807) is 14.2 Å². The SMILES string of the molecule is COc1cc(C2OCC2(C)C)ccc1Oc1ccc(C2OCC2(C)C)cc1OC. The first-order chi connectivity index (χ1) is 13.7. The largest absolute Gasteiger partial charge is 0.493 e. The maximum absolute atomic E-state index is 6.17. The Balaban J connectivity index is 1.58. The summed E-state index contributed by atoms with van der Waals surface area (Å²) in [6, 6.07) is 11.9. The van der Waals surface area contributed by atoms with E-state index in [0.717, 1.165) is 24.3 Å². The Bertz CT molecular complexity index is 829. The maximum atomic E-state index is 6.17. The molecule has 5 heteroatoms. The standard InChI is InChI=1S/C24H30O5/c1-23(2)13-27-21(23)15-7-9-17(19(11-15)25-5)29-18-10-8-16(12-20(18)26-6)22-24(3,4)14-28-22/h7-12,21-22H,13-14H2,1-6H3. The minimum Gasteiger partial charge on any atom is -0.493 e. The van der Waals surface area contributed by atoms with Crippen molar-refractivity contribution in [3.05, 3.63) is 47.5 Å². The molecule has 29 heavy (non-hydrogen) atoms. The number of ether oxygens (including phenoxy) is 5. The van der Waals surface area contributed by atoms with E-state index in [-0.39, 0.29) is 23.0 Å². The van der Waals surface area contributed by atoms with Gasteiger partial charge < -0.3 is 23.7 Å². The minimum absolute atomic E-state index is 0.0742. The van der Waals surface area contributed by atoms with E-state index < -0.39 is 0 Å². The van der Waals surface area contributed by atoms with E-state index in [4.69, 9.17) is 23.7 Å². The molecule has 2 unspecified atom stereocenters. The van der Waals surface area contributed by atoms with Crippen molar-refractivity contribution in [3.63, 3.8) is 0 Å². The van der Waals surface area contributed by atoms with E-state index in [0.29, 0.717) is 23.0 Å². The Morgan fingerprint density at radius 1 is 0.690 bits per heavy atom. The van der Waals surface area contributed by atoms with Crippen LogP contribution in [0.3, 0.4) is 0 Å². The molecule has 2 fully saturated rings. The van der Waals surface area contributed by atoms with Crippen LogP contribution >= 0.6 is 0 Å². The number of rotatable bonds is 6. The fourth-order valence-electron chi connectivity index (χ4n) is 4.08. The second-order valence-electron chi connectivity index (χ2n) is 9.28. The maximum Gasteiger partial charge on any atom is 0.169 e. The minimum atomic E-state index is 0.0742. The Morgan fingerprint density at radius 2 is 1.10 bits per heavy atom. The number of methoxy groups -OCH3 is 2. The molecule has 2 aromatic rings. The van der Waals surface area contributed by atoms with Crippen molar-refractivity contribution in [3.8, 4) is 23.0 Å². The van der Waals surface area contributed by atoms with E-state index in [1.807, 2.05) is 36.4 Å². The predicted molar refractivity (Wildman–Crippen MR) is 111 cm³/mol. The molecule has 0 spiro atoms. The van der Waals surface area contributed by atoms with E-state index in [2.05, 4.69) is 27.7 Å². The molecule has 0 radical (unpaired) electrons. The topological polar surface area (TPSA) is 46.2 Å². The highest BCUT2D eigenvalue weighted by Gasteiger charge is 2.42. The first-order valence-electron chi connectivity index (χ1n) is 10.0. The van der Waals surface area contributed by atoms with Gasteiger partial charge in [0.2, 0.25) is 0 Å². The van der Waals surface area contributed by atoms with Crippen LogP contribution in [0.5, 0.6) is 23.0 Å². The van der Waals surface area contributed by atoms with Crippen LogP contribution in [0.1, 0.15) is 51.0 Å². The van der Waals surface area contributed by atoms with Crippen molar-refractivity contribution in [2.24, 2.45) is 10.8 Å². The summed E-state index contributed by atoms with van der Waals surface area (Å²) in [6.07, 6.45) is 0.148. The quantitative estimate of drug-likeness (QED) is 0.625. The summed E-state index contributed by atoms with van der Waals surface area (Å²) in [7, 11) is 3.30. The molecule has 0 saturated carbocycles. The van der Waals surface area contributed by atoms with Crippen LogP contribution in [-0.2, 0) is 9.47 Å². The van der Waals surface area contributed by atoms with Gasteiger partial charge in [-0.25, -0.2) is 0 Å². The van der Waals surface area contributed by atoms with Gasteiger partial charge in [-0.3, -0.25) is 0 Å². The molecular formula is C24H30O5. The third kappa shape index (κ3) is 3.58. The lowest BCUT2D eigenvalue weighted by Crippen LogP contribution is -2.40. The number of hydrogen-bond acceptors (Lipinski definition) is 5. The third-order valence-electron chi connectivity index (χ3n) is 5.86. The molecule has 2 saturated heterocycles. The van der Waals surface area contributed by atoms with Gasteiger partial charge >= 0.3 is 0 Å². The summed E-state index contributed by atoms with van der Waals surface area (Å²) in [5.41, 5.74) is 2.45. The van der Waals surface area contributed by atoms with E-state index in [1.165, 1.54) is 0 Å². The zero-order valence-corrected chi connectivity index (χ0v) is 18.1. The summed E-state index contributed by atoms with van der Waals surface area (Å²) < 4.78 is 28.9. The highest BCUT2D eigenvalue weighted by atomic mass is 16.5.